The third-order valence-corrected chi connectivity index (χ3v) is 3.68. The molecule has 0 unspecified atom stereocenters. The van der Waals surface area contributed by atoms with Crippen LogP contribution in [-0.2, 0) is 6.42 Å². The molecule has 0 aliphatic carbocycles. The Balaban J connectivity index is 1.56. The van der Waals surface area contributed by atoms with Crippen LogP contribution in [0.2, 0.25) is 0 Å². The first-order chi connectivity index (χ1) is 12.7. The zero-order valence-electron chi connectivity index (χ0n) is 14.3. The minimum absolute atomic E-state index is 0.257. The van der Waals surface area contributed by atoms with Gasteiger partial charge in [-0.15, -0.1) is 0 Å². The summed E-state index contributed by atoms with van der Waals surface area (Å²) < 4.78 is 5.81. The molecule has 4 N–H and O–H groups in total. The van der Waals surface area contributed by atoms with Gasteiger partial charge in [0.25, 0.3) is 0 Å². The molecule has 5 nitrogen and oxygen atoms in total. The number of ether oxygens (including phenoxy) is 1. The van der Waals surface area contributed by atoms with Crippen LogP contribution in [-0.4, -0.2) is 17.6 Å². The Kier molecular flexibility index (Phi) is 5.72. The third-order valence-electron chi connectivity index (χ3n) is 3.68. The summed E-state index contributed by atoms with van der Waals surface area (Å²) in [6.45, 7) is 0.530. The van der Waals surface area contributed by atoms with Gasteiger partial charge in [-0.25, -0.2) is 0 Å². The first kappa shape index (κ1) is 17.4. The van der Waals surface area contributed by atoms with Gasteiger partial charge >= 0.3 is 0 Å². The molecule has 0 radical (unpaired) electrons. The van der Waals surface area contributed by atoms with Crippen LogP contribution in [0.3, 0.4) is 0 Å². The minimum atomic E-state index is 0.257. The maximum absolute atomic E-state index is 9.46. The van der Waals surface area contributed by atoms with E-state index in [1.54, 1.807) is 12.1 Å². The molecule has 26 heavy (non-hydrogen) atoms. The summed E-state index contributed by atoms with van der Waals surface area (Å²) in [5, 5.41) is 12.5. The Morgan fingerprint density at radius 1 is 0.923 bits per heavy atom. The van der Waals surface area contributed by atoms with Gasteiger partial charge in [-0.3, -0.25) is 4.99 Å². The van der Waals surface area contributed by atoms with Crippen molar-refractivity contribution in [3.63, 3.8) is 0 Å². The van der Waals surface area contributed by atoms with Crippen LogP contribution in [0.5, 0.6) is 17.2 Å². The number of nitrogens with two attached hydrogens (primary N) is 1. The summed E-state index contributed by atoms with van der Waals surface area (Å²) in [6.07, 6.45) is 0.702. The van der Waals surface area contributed by atoms with Gasteiger partial charge in [-0.2, -0.15) is 0 Å². The number of rotatable bonds is 6. The van der Waals surface area contributed by atoms with Crippen LogP contribution in [0.1, 0.15) is 5.56 Å². The quantitative estimate of drug-likeness (QED) is 0.462. The summed E-state index contributed by atoms with van der Waals surface area (Å²) in [5.74, 6) is 2.08. The molecule has 0 aliphatic rings. The second-order valence-electron chi connectivity index (χ2n) is 5.75. The first-order valence-corrected chi connectivity index (χ1v) is 8.37. The van der Waals surface area contributed by atoms with Crippen molar-refractivity contribution in [2.24, 2.45) is 10.7 Å². The Morgan fingerprint density at radius 2 is 1.69 bits per heavy atom. The number of nitrogens with one attached hydrogen (secondary N) is 1. The second-order valence-corrected chi connectivity index (χ2v) is 5.75. The maximum Gasteiger partial charge on any atom is 0.193 e. The maximum atomic E-state index is 9.46. The van der Waals surface area contributed by atoms with Gasteiger partial charge in [0.1, 0.15) is 17.2 Å². The van der Waals surface area contributed by atoms with Crippen LogP contribution in [0.25, 0.3) is 0 Å². The van der Waals surface area contributed by atoms with Crippen molar-refractivity contribution in [2.45, 2.75) is 6.42 Å². The monoisotopic (exact) mass is 347 g/mol. The van der Waals surface area contributed by atoms with E-state index in [0.29, 0.717) is 24.7 Å². The minimum Gasteiger partial charge on any atom is -0.508 e. The van der Waals surface area contributed by atoms with Gasteiger partial charge in [-0.05, 0) is 48.4 Å². The fraction of sp³-hybridized carbons (Fsp3) is 0.0952. The van der Waals surface area contributed by atoms with Crippen LogP contribution in [0, 0.1) is 0 Å². The number of phenolic OH excluding ortho intramolecular Hbond substituents is 1. The lowest BCUT2D eigenvalue weighted by molar-refractivity contribution is 0.474. The van der Waals surface area contributed by atoms with Crippen molar-refractivity contribution in [3.05, 3.63) is 84.4 Å². The van der Waals surface area contributed by atoms with E-state index in [-0.39, 0.29) is 5.75 Å². The van der Waals surface area contributed by atoms with Crippen molar-refractivity contribution in [2.75, 3.05) is 11.9 Å². The topological polar surface area (TPSA) is 79.9 Å². The predicted molar refractivity (Wildman–Crippen MR) is 105 cm³/mol. The lowest BCUT2D eigenvalue weighted by atomic mass is 10.1. The van der Waals surface area contributed by atoms with Gasteiger partial charge in [-0.1, -0.05) is 36.4 Å². The molecule has 0 heterocycles. The number of aromatic hydroxyl groups is 1. The molecular weight excluding hydrogens is 326 g/mol. The summed E-state index contributed by atoms with van der Waals surface area (Å²) in [6, 6.07) is 24.3. The highest BCUT2D eigenvalue weighted by atomic mass is 16.5. The number of phenols is 1. The number of aliphatic imine (C=N–C) groups is 1. The lowest BCUT2D eigenvalue weighted by Gasteiger charge is -2.09. The Labute approximate surface area is 152 Å². The highest BCUT2D eigenvalue weighted by Crippen LogP contribution is 2.23. The van der Waals surface area contributed by atoms with Crippen molar-refractivity contribution >= 4 is 11.6 Å². The smallest absolute Gasteiger partial charge is 0.193 e. The fourth-order valence-electron chi connectivity index (χ4n) is 2.47. The molecule has 3 rings (SSSR count). The Morgan fingerprint density at radius 3 is 2.50 bits per heavy atom. The Hall–Kier alpha value is -3.47. The fourth-order valence-corrected chi connectivity index (χ4v) is 2.47. The highest BCUT2D eigenvalue weighted by Gasteiger charge is 2.00. The molecular formula is C21H21N3O2. The van der Waals surface area contributed by atoms with E-state index in [2.05, 4.69) is 10.3 Å². The zero-order chi connectivity index (χ0) is 18.2. The van der Waals surface area contributed by atoms with E-state index >= 15 is 0 Å². The van der Waals surface area contributed by atoms with Gasteiger partial charge in [0, 0.05) is 18.3 Å². The average Bonchev–Trinajstić information content (AvgIpc) is 2.63. The van der Waals surface area contributed by atoms with Crippen LogP contribution in [0.15, 0.2) is 83.9 Å². The van der Waals surface area contributed by atoms with E-state index in [9.17, 15) is 5.11 Å². The average molecular weight is 347 g/mol. The number of nitrogens with zero attached hydrogens (tertiary/aromatic N) is 1. The molecule has 0 saturated heterocycles. The highest BCUT2D eigenvalue weighted by molar-refractivity contribution is 5.92. The molecule has 0 amide bonds. The lowest BCUT2D eigenvalue weighted by Crippen LogP contribution is -2.23. The number of anilines is 1. The first-order valence-electron chi connectivity index (χ1n) is 8.37. The summed E-state index contributed by atoms with van der Waals surface area (Å²) in [7, 11) is 0. The van der Waals surface area contributed by atoms with E-state index in [1.165, 1.54) is 0 Å². The normalized spacial score (nSPS) is 11.2. The van der Waals surface area contributed by atoms with E-state index in [0.717, 1.165) is 17.0 Å². The Bertz CT molecular complexity index is 879. The number of hydrogen-bond acceptors (Lipinski definition) is 3. The SMILES string of the molecule is NC(=NCCc1cccc(O)c1)Nc1cccc(Oc2ccccc2)c1. The van der Waals surface area contributed by atoms with E-state index in [4.69, 9.17) is 10.5 Å². The van der Waals surface area contributed by atoms with Crippen molar-refractivity contribution < 1.29 is 9.84 Å². The molecule has 0 aromatic heterocycles. The molecule has 132 valence electrons. The summed E-state index contributed by atoms with van der Waals surface area (Å²) in [4.78, 5) is 4.32. The molecule has 0 bridgehead atoms. The van der Waals surface area contributed by atoms with Crippen LogP contribution in [0.4, 0.5) is 5.69 Å². The molecule has 3 aromatic carbocycles. The van der Waals surface area contributed by atoms with Crippen LogP contribution >= 0.6 is 0 Å². The number of hydrogen-bond donors (Lipinski definition) is 3. The van der Waals surface area contributed by atoms with Crippen LogP contribution < -0.4 is 15.8 Å². The van der Waals surface area contributed by atoms with E-state index < -0.39 is 0 Å². The third kappa shape index (κ3) is 5.27. The molecule has 3 aromatic rings. The summed E-state index contributed by atoms with van der Waals surface area (Å²) >= 11 is 0. The second kappa shape index (κ2) is 8.58. The molecule has 0 saturated carbocycles. The van der Waals surface area contributed by atoms with Gasteiger partial charge in [0.05, 0.1) is 0 Å². The van der Waals surface area contributed by atoms with Gasteiger partial charge < -0.3 is 20.9 Å². The van der Waals surface area contributed by atoms with E-state index in [1.807, 2.05) is 66.7 Å². The predicted octanol–water partition coefficient (Wildman–Crippen LogP) is 4.15. The zero-order valence-corrected chi connectivity index (χ0v) is 14.3. The number of benzene rings is 3. The van der Waals surface area contributed by atoms with Gasteiger partial charge in [0.2, 0.25) is 0 Å². The van der Waals surface area contributed by atoms with Crippen molar-refractivity contribution in [1.82, 2.24) is 0 Å². The number of para-hydroxylation sites is 1. The molecule has 0 atom stereocenters. The van der Waals surface area contributed by atoms with Crippen molar-refractivity contribution in [1.29, 1.82) is 0 Å². The molecule has 0 spiro atoms. The standard InChI is InChI=1S/C21H21N3O2/c22-21(23-13-12-16-6-4-8-18(25)14-16)24-17-7-5-11-20(15-17)26-19-9-2-1-3-10-19/h1-11,14-15,25H,12-13H2,(H3,22,23,24). The summed E-state index contributed by atoms with van der Waals surface area (Å²) in [5.41, 5.74) is 7.77. The van der Waals surface area contributed by atoms with Gasteiger partial charge in [0.15, 0.2) is 5.96 Å². The molecule has 0 aliphatic heterocycles. The number of guanidine groups is 1. The van der Waals surface area contributed by atoms with Crippen molar-refractivity contribution in [3.8, 4) is 17.2 Å². The molecule has 5 heteroatoms. The molecule has 0 fully saturated rings. The largest absolute Gasteiger partial charge is 0.508 e.